The van der Waals surface area contributed by atoms with E-state index in [-0.39, 0.29) is 0 Å². The Kier molecular flexibility index (Phi) is 1.78. The minimum Gasteiger partial charge on any atom is -0.382 e. The lowest BCUT2D eigenvalue weighted by Gasteiger charge is -1.85. The lowest BCUT2D eigenvalue weighted by molar-refractivity contribution is 1.11. The van der Waals surface area contributed by atoms with E-state index in [0.29, 0.717) is 5.82 Å². The highest BCUT2D eigenvalue weighted by Gasteiger charge is 2.03. The van der Waals surface area contributed by atoms with Crippen molar-refractivity contribution in [3.8, 4) is 10.6 Å². The third-order valence-electron chi connectivity index (χ3n) is 1.44. The SMILES string of the molecule is Nc1cc(-c2ccc(Cl)s2)[nH]n1. The zero-order chi connectivity index (χ0) is 8.55. The van der Waals surface area contributed by atoms with Crippen LogP contribution in [-0.2, 0) is 0 Å². The van der Waals surface area contributed by atoms with E-state index in [1.807, 2.05) is 12.1 Å². The Morgan fingerprint density at radius 1 is 1.50 bits per heavy atom. The van der Waals surface area contributed by atoms with Gasteiger partial charge in [0.05, 0.1) is 14.9 Å². The Balaban J connectivity index is 2.43. The molecule has 0 aliphatic carbocycles. The maximum atomic E-state index is 5.77. The zero-order valence-electron chi connectivity index (χ0n) is 6.04. The molecule has 62 valence electrons. The van der Waals surface area contributed by atoms with Crippen LogP contribution in [0.3, 0.4) is 0 Å². The third-order valence-corrected chi connectivity index (χ3v) is 2.70. The number of aromatic nitrogens is 2. The minimum absolute atomic E-state index is 0.495. The molecule has 0 saturated heterocycles. The molecule has 0 radical (unpaired) electrons. The quantitative estimate of drug-likeness (QED) is 0.741. The normalized spacial score (nSPS) is 10.4. The Hall–Kier alpha value is -1.00. The maximum absolute atomic E-state index is 5.77. The molecule has 0 atom stereocenters. The molecule has 0 saturated carbocycles. The molecule has 5 heteroatoms. The van der Waals surface area contributed by atoms with E-state index < -0.39 is 0 Å². The number of nitrogens with zero attached hydrogens (tertiary/aromatic N) is 1. The third kappa shape index (κ3) is 1.31. The van der Waals surface area contributed by atoms with Crippen molar-refractivity contribution in [2.75, 3.05) is 5.73 Å². The van der Waals surface area contributed by atoms with E-state index in [4.69, 9.17) is 17.3 Å². The lowest BCUT2D eigenvalue weighted by Crippen LogP contribution is -1.81. The summed E-state index contributed by atoms with van der Waals surface area (Å²) in [5, 5.41) is 6.63. The highest BCUT2D eigenvalue weighted by atomic mass is 35.5. The molecule has 3 nitrogen and oxygen atoms in total. The first-order valence-electron chi connectivity index (χ1n) is 3.32. The van der Waals surface area contributed by atoms with Gasteiger partial charge >= 0.3 is 0 Å². The molecule has 3 N–H and O–H groups in total. The highest BCUT2D eigenvalue weighted by Crippen LogP contribution is 2.30. The second kappa shape index (κ2) is 2.80. The summed E-state index contributed by atoms with van der Waals surface area (Å²) < 4.78 is 0.762. The molecule has 2 heterocycles. The van der Waals surface area contributed by atoms with Crippen LogP contribution in [0.15, 0.2) is 18.2 Å². The number of H-pyrrole nitrogens is 1. The molecular weight excluding hydrogens is 194 g/mol. The van der Waals surface area contributed by atoms with Crippen LogP contribution in [0.1, 0.15) is 0 Å². The average molecular weight is 200 g/mol. The molecule has 0 spiro atoms. The number of nitrogens with two attached hydrogens (primary N) is 1. The molecule has 2 aromatic heterocycles. The van der Waals surface area contributed by atoms with Crippen LogP contribution >= 0.6 is 22.9 Å². The fourth-order valence-corrected chi connectivity index (χ4v) is 1.93. The van der Waals surface area contributed by atoms with Crippen molar-refractivity contribution in [1.29, 1.82) is 0 Å². The van der Waals surface area contributed by atoms with Gasteiger partial charge in [-0.05, 0) is 12.1 Å². The van der Waals surface area contributed by atoms with Gasteiger partial charge in [-0.15, -0.1) is 11.3 Å². The molecule has 0 aromatic carbocycles. The maximum Gasteiger partial charge on any atom is 0.145 e. The van der Waals surface area contributed by atoms with Gasteiger partial charge in [-0.3, -0.25) is 5.10 Å². The van der Waals surface area contributed by atoms with Gasteiger partial charge in [0, 0.05) is 6.07 Å². The molecule has 0 aliphatic rings. The van der Waals surface area contributed by atoms with Crippen LogP contribution in [-0.4, -0.2) is 10.2 Å². The number of hydrogen-bond donors (Lipinski definition) is 2. The van der Waals surface area contributed by atoms with Crippen molar-refractivity contribution in [3.05, 3.63) is 22.5 Å². The number of halogens is 1. The summed E-state index contributed by atoms with van der Waals surface area (Å²) in [5.41, 5.74) is 6.36. The molecule has 2 aromatic rings. The van der Waals surface area contributed by atoms with E-state index in [9.17, 15) is 0 Å². The van der Waals surface area contributed by atoms with Crippen LogP contribution in [0, 0.1) is 0 Å². The molecule has 0 fully saturated rings. The summed E-state index contributed by atoms with van der Waals surface area (Å²) in [6.07, 6.45) is 0. The van der Waals surface area contributed by atoms with Gasteiger partial charge in [0.2, 0.25) is 0 Å². The van der Waals surface area contributed by atoms with Gasteiger partial charge < -0.3 is 5.73 Å². The van der Waals surface area contributed by atoms with Crippen LogP contribution in [0.2, 0.25) is 4.34 Å². The van der Waals surface area contributed by atoms with E-state index in [1.165, 1.54) is 11.3 Å². The van der Waals surface area contributed by atoms with E-state index in [2.05, 4.69) is 10.2 Å². The summed E-state index contributed by atoms with van der Waals surface area (Å²) in [4.78, 5) is 1.05. The van der Waals surface area contributed by atoms with Crippen LogP contribution in [0.25, 0.3) is 10.6 Å². The standard InChI is InChI=1S/C7H6ClN3S/c8-6-2-1-5(12-6)4-3-7(9)11-10-4/h1-3H,(H3,9,10,11). The molecule has 0 aliphatic heterocycles. The van der Waals surface area contributed by atoms with Crippen LogP contribution in [0.5, 0.6) is 0 Å². The first kappa shape index (κ1) is 7.64. The second-order valence-electron chi connectivity index (χ2n) is 2.31. The van der Waals surface area contributed by atoms with Crippen LogP contribution in [0.4, 0.5) is 5.82 Å². The summed E-state index contributed by atoms with van der Waals surface area (Å²) in [5.74, 6) is 0.495. The van der Waals surface area contributed by atoms with E-state index in [0.717, 1.165) is 14.9 Å². The van der Waals surface area contributed by atoms with Gasteiger partial charge in [0.25, 0.3) is 0 Å². The monoisotopic (exact) mass is 199 g/mol. The topological polar surface area (TPSA) is 54.7 Å². The van der Waals surface area contributed by atoms with Crippen LogP contribution < -0.4 is 5.73 Å². The van der Waals surface area contributed by atoms with Gasteiger partial charge in [-0.1, -0.05) is 11.6 Å². The van der Waals surface area contributed by atoms with Crippen molar-refractivity contribution in [3.63, 3.8) is 0 Å². The lowest BCUT2D eigenvalue weighted by atomic mass is 10.3. The molecule has 0 bridgehead atoms. The number of hydrogen-bond acceptors (Lipinski definition) is 3. The van der Waals surface area contributed by atoms with Gasteiger partial charge in [0.15, 0.2) is 0 Å². The molecule has 0 unspecified atom stereocenters. The molecular formula is C7H6ClN3S. The molecule has 0 amide bonds. The summed E-state index contributed by atoms with van der Waals surface area (Å²) >= 11 is 7.26. The Morgan fingerprint density at radius 2 is 2.33 bits per heavy atom. The summed E-state index contributed by atoms with van der Waals surface area (Å²) in [7, 11) is 0. The number of nitrogens with one attached hydrogen (secondary N) is 1. The first-order chi connectivity index (χ1) is 5.75. The average Bonchev–Trinajstić information content (AvgIpc) is 2.58. The number of anilines is 1. The van der Waals surface area contributed by atoms with Gasteiger partial charge in [-0.25, -0.2) is 0 Å². The Labute approximate surface area is 78.2 Å². The van der Waals surface area contributed by atoms with Crippen molar-refractivity contribution < 1.29 is 0 Å². The van der Waals surface area contributed by atoms with Crippen molar-refractivity contribution in [2.24, 2.45) is 0 Å². The fourth-order valence-electron chi connectivity index (χ4n) is 0.922. The van der Waals surface area contributed by atoms with Crippen molar-refractivity contribution in [1.82, 2.24) is 10.2 Å². The van der Waals surface area contributed by atoms with Gasteiger partial charge in [0.1, 0.15) is 5.82 Å². The number of aromatic amines is 1. The highest BCUT2D eigenvalue weighted by molar-refractivity contribution is 7.19. The second-order valence-corrected chi connectivity index (χ2v) is 4.03. The minimum atomic E-state index is 0.495. The smallest absolute Gasteiger partial charge is 0.145 e. The number of thiophene rings is 1. The number of nitrogen functional groups attached to an aromatic ring is 1. The van der Waals surface area contributed by atoms with Gasteiger partial charge in [-0.2, -0.15) is 5.10 Å². The number of rotatable bonds is 1. The molecule has 2 rings (SSSR count). The van der Waals surface area contributed by atoms with E-state index in [1.54, 1.807) is 6.07 Å². The first-order valence-corrected chi connectivity index (χ1v) is 4.52. The van der Waals surface area contributed by atoms with E-state index >= 15 is 0 Å². The summed E-state index contributed by atoms with van der Waals surface area (Å²) in [6.45, 7) is 0. The predicted octanol–water partition coefficient (Wildman–Crippen LogP) is 2.37. The fraction of sp³-hybridized carbons (Fsp3) is 0. The van der Waals surface area contributed by atoms with Crippen molar-refractivity contribution >= 4 is 28.8 Å². The largest absolute Gasteiger partial charge is 0.382 e. The Bertz CT molecular complexity index is 355. The predicted molar refractivity (Wildman–Crippen MR) is 51.3 cm³/mol. The van der Waals surface area contributed by atoms with Crippen molar-refractivity contribution in [2.45, 2.75) is 0 Å². The zero-order valence-corrected chi connectivity index (χ0v) is 7.62. The molecule has 12 heavy (non-hydrogen) atoms. The summed E-state index contributed by atoms with van der Waals surface area (Å²) in [6, 6.07) is 5.56. The Morgan fingerprint density at radius 3 is 2.83 bits per heavy atom.